The number of carbonyl (C=O) groups excluding carboxylic acids is 2. The van der Waals surface area contributed by atoms with Crippen LogP contribution in [-0.2, 0) is 9.59 Å². The van der Waals surface area contributed by atoms with E-state index in [0.29, 0.717) is 34.3 Å². The third-order valence-electron chi connectivity index (χ3n) is 4.26. The van der Waals surface area contributed by atoms with Crippen LogP contribution in [0.1, 0.15) is 12.0 Å². The molecule has 30 heavy (non-hydrogen) atoms. The first-order chi connectivity index (χ1) is 14.2. The number of aryl methyl sites for hydroxylation is 1. The number of carbonyl (C=O) groups is 2. The lowest BCUT2D eigenvalue weighted by Crippen LogP contribution is -2.32. The summed E-state index contributed by atoms with van der Waals surface area (Å²) in [5, 5.41) is 16.7. The normalized spacial score (nSPS) is 10.6. The molecule has 0 unspecified atom stereocenters. The van der Waals surface area contributed by atoms with Gasteiger partial charge in [0.1, 0.15) is 5.75 Å². The van der Waals surface area contributed by atoms with Crippen LogP contribution in [0, 0.1) is 17.0 Å². The summed E-state index contributed by atoms with van der Waals surface area (Å²) in [6.45, 7) is 2.10. The van der Waals surface area contributed by atoms with Crippen LogP contribution in [0.5, 0.6) is 5.75 Å². The van der Waals surface area contributed by atoms with Crippen molar-refractivity contribution in [1.82, 2.24) is 4.90 Å². The largest absolute Gasteiger partial charge is 0.495 e. The Morgan fingerprint density at radius 3 is 2.47 bits per heavy atom. The Kier molecular flexibility index (Phi) is 8.14. The van der Waals surface area contributed by atoms with E-state index in [1.165, 1.54) is 25.3 Å². The third kappa shape index (κ3) is 6.71. The first-order valence-electron chi connectivity index (χ1n) is 9.06. The number of benzene rings is 2. The summed E-state index contributed by atoms with van der Waals surface area (Å²) < 4.78 is 5.19. The maximum Gasteiger partial charge on any atom is 0.269 e. The first-order valence-corrected chi connectivity index (χ1v) is 9.44. The molecule has 0 radical (unpaired) electrons. The Balaban J connectivity index is 1.83. The molecule has 0 saturated carbocycles. The lowest BCUT2D eigenvalue weighted by atomic mass is 10.1. The summed E-state index contributed by atoms with van der Waals surface area (Å²) in [6.07, 6.45) is 0.153. The Morgan fingerprint density at radius 1 is 1.13 bits per heavy atom. The van der Waals surface area contributed by atoms with Crippen LogP contribution in [0.15, 0.2) is 36.4 Å². The second-order valence-corrected chi connectivity index (χ2v) is 7.12. The van der Waals surface area contributed by atoms with Crippen LogP contribution in [0.25, 0.3) is 0 Å². The third-order valence-corrected chi connectivity index (χ3v) is 4.50. The van der Waals surface area contributed by atoms with Gasteiger partial charge in [-0.2, -0.15) is 0 Å². The molecule has 0 aliphatic carbocycles. The fourth-order valence-corrected chi connectivity index (χ4v) is 2.87. The monoisotopic (exact) mass is 434 g/mol. The zero-order valence-electron chi connectivity index (χ0n) is 16.9. The van der Waals surface area contributed by atoms with Gasteiger partial charge in [0, 0.05) is 35.8 Å². The van der Waals surface area contributed by atoms with E-state index in [1.54, 1.807) is 37.1 Å². The molecular formula is C20H23ClN4O5. The summed E-state index contributed by atoms with van der Waals surface area (Å²) in [5.41, 5.74) is 1.54. The van der Waals surface area contributed by atoms with E-state index >= 15 is 0 Å². The van der Waals surface area contributed by atoms with E-state index in [4.69, 9.17) is 16.3 Å². The quantitative estimate of drug-likeness (QED) is 0.461. The topological polar surface area (TPSA) is 114 Å². The van der Waals surface area contributed by atoms with Gasteiger partial charge < -0.3 is 15.4 Å². The lowest BCUT2D eigenvalue weighted by Gasteiger charge is -2.17. The standard InChI is InChI=1S/C20H23ClN4O5/c1-13-10-15(25(28)29)5-6-16(13)22-19(26)8-9-24(2)12-20(27)23-17-11-14(21)4-7-18(17)30-3/h4-7,10-11H,8-9,12H2,1-3H3,(H,22,26)(H,23,27). The van der Waals surface area contributed by atoms with Gasteiger partial charge in [-0.1, -0.05) is 11.6 Å². The summed E-state index contributed by atoms with van der Waals surface area (Å²) in [7, 11) is 3.22. The molecule has 9 nitrogen and oxygen atoms in total. The van der Waals surface area contributed by atoms with Gasteiger partial charge in [-0.05, 0) is 43.8 Å². The number of anilines is 2. The van der Waals surface area contributed by atoms with Gasteiger partial charge in [-0.25, -0.2) is 0 Å². The predicted molar refractivity (Wildman–Crippen MR) is 115 cm³/mol. The number of hydrogen-bond donors (Lipinski definition) is 2. The number of nitro groups is 1. The number of ether oxygens (including phenoxy) is 1. The molecule has 2 aromatic rings. The van der Waals surface area contributed by atoms with Crippen molar-refractivity contribution in [3.05, 3.63) is 57.1 Å². The van der Waals surface area contributed by atoms with Crippen molar-refractivity contribution >= 4 is 40.5 Å². The molecule has 0 saturated heterocycles. The van der Waals surface area contributed by atoms with Gasteiger partial charge in [0.15, 0.2) is 0 Å². The lowest BCUT2D eigenvalue weighted by molar-refractivity contribution is -0.384. The molecular weight excluding hydrogens is 412 g/mol. The zero-order valence-corrected chi connectivity index (χ0v) is 17.7. The van der Waals surface area contributed by atoms with Crippen molar-refractivity contribution in [3.63, 3.8) is 0 Å². The molecule has 2 amide bonds. The molecule has 10 heteroatoms. The van der Waals surface area contributed by atoms with Crippen LogP contribution < -0.4 is 15.4 Å². The van der Waals surface area contributed by atoms with Crippen molar-refractivity contribution in [1.29, 1.82) is 0 Å². The zero-order chi connectivity index (χ0) is 22.3. The molecule has 0 aromatic heterocycles. The van der Waals surface area contributed by atoms with Crippen molar-refractivity contribution in [2.24, 2.45) is 0 Å². The minimum atomic E-state index is -0.489. The van der Waals surface area contributed by atoms with Crippen molar-refractivity contribution < 1.29 is 19.2 Å². The Morgan fingerprint density at radius 2 is 1.83 bits per heavy atom. The fourth-order valence-electron chi connectivity index (χ4n) is 2.70. The number of amides is 2. The molecule has 160 valence electrons. The van der Waals surface area contributed by atoms with E-state index in [-0.39, 0.29) is 30.5 Å². The highest BCUT2D eigenvalue weighted by atomic mass is 35.5. The molecule has 0 heterocycles. The molecule has 0 aliphatic heterocycles. The Hall–Kier alpha value is -3.17. The fraction of sp³-hybridized carbons (Fsp3) is 0.300. The van der Waals surface area contributed by atoms with E-state index in [9.17, 15) is 19.7 Å². The van der Waals surface area contributed by atoms with E-state index in [1.807, 2.05) is 0 Å². The molecule has 2 aromatic carbocycles. The maximum absolute atomic E-state index is 12.3. The summed E-state index contributed by atoms with van der Waals surface area (Å²) in [5.74, 6) is -0.0336. The van der Waals surface area contributed by atoms with Gasteiger partial charge in [0.05, 0.1) is 24.3 Å². The number of hydrogen-bond acceptors (Lipinski definition) is 6. The average Bonchev–Trinajstić information content (AvgIpc) is 2.68. The van der Waals surface area contributed by atoms with Crippen molar-refractivity contribution in [2.45, 2.75) is 13.3 Å². The number of likely N-dealkylation sites (N-methyl/N-ethyl adjacent to an activating group) is 1. The Bertz CT molecular complexity index is 951. The van der Waals surface area contributed by atoms with Crippen molar-refractivity contribution in [2.75, 3.05) is 37.9 Å². The Labute approximate surface area is 179 Å². The minimum absolute atomic E-state index is 0.0346. The molecule has 0 fully saturated rings. The molecule has 0 bridgehead atoms. The first kappa shape index (κ1) is 23.1. The smallest absolute Gasteiger partial charge is 0.269 e. The van der Waals surface area contributed by atoms with Crippen molar-refractivity contribution in [3.8, 4) is 5.75 Å². The molecule has 0 spiro atoms. The highest BCUT2D eigenvalue weighted by molar-refractivity contribution is 6.31. The number of rotatable bonds is 9. The maximum atomic E-state index is 12.3. The van der Waals surface area contributed by atoms with Gasteiger partial charge in [0.25, 0.3) is 5.69 Å². The highest BCUT2D eigenvalue weighted by Crippen LogP contribution is 2.27. The molecule has 0 atom stereocenters. The van der Waals surface area contributed by atoms with Gasteiger partial charge in [0.2, 0.25) is 11.8 Å². The van der Waals surface area contributed by atoms with Gasteiger partial charge in [-0.3, -0.25) is 24.6 Å². The number of nitro benzene ring substituents is 1. The van der Waals surface area contributed by atoms with E-state index in [2.05, 4.69) is 10.6 Å². The van der Waals surface area contributed by atoms with Crippen LogP contribution in [0.2, 0.25) is 5.02 Å². The highest BCUT2D eigenvalue weighted by Gasteiger charge is 2.13. The number of nitrogens with one attached hydrogen (secondary N) is 2. The van der Waals surface area contributed by atoms with Crippen LogP contribution in [0.4, 0.5) is 17.1 Å². The molecule has 0 aliphatic rings. The number of non-ortho nitro benzene ring substituents is 1. The summed E-state index contributed by atoms with van der Waals surface area (Å²) in [4.78, 5) is 36.4. The number of nitrogens with zero attached hydrogens (tertiary/aromatic N) is 2. The average molecular weight is 435 g/mol. The second kappa shape index (κ2) is 10.6. The number of methoxy groups -OCH3 is 1. The molecule has 2 N–H and O–H groups in total. The van der Waals surface area contributed by atoms with Crippen LogP contribution >= 0.6 is 11.6 Å². The van der Waals surface area contributed by atoms with Crippen LogP contribution in [-0.4, -0.2) is 48.9 Å². The van der Waals surface area contributed by atoms with Gasteiger partial charge >= 0.3 is 0 Å². The minimum Gasteiger partial charge on any atom is -0.495 e. The second-order valence-electron chi connectivity index (χ2n) is 6.69. The summed E-state index contributed by atoms with van der Waals surface area (Å²) in [6, 6.07) is 9.15. The molecule has 2 rings (SSSR count). The van der Waals surface area contributed by atoms with Crippen LogP contribution in [0.3, 0.4) is 0 Å². The SMILES string of the molecule is COc1ccc(Cl)cc1NC(=O)CN(C)CCC(=O)Nc1ccc([N+](=O)[O-])cc1C. The van der Waals surface area contributed by atoms with E-state index in [0.717, 1.165) is 0 Å². The van der Waals surface area contributed by atoms with E-state index < -0.39 is 4.92 Å². The van der Waals surface area contributed by atoms with Gasteiger partial charge in [-0.15, -0.1) is 0 Å². The number of halogens is 1. The summed E-state index contributed by atoms with van der Waals surface area (Å²) >= 11 is 5.95. The predicted octanol–water partition coefficient (Wildman–Crippen LogP) is 3.46.